The Hall–Kier alpha value is -2.94. The molecule has 0 aliphatic rings. The van der Waals surface area contributed by atoms with E-state index in [0.717, 1.165) is 16.3 Å². The molecule has 0 aliphatic heterocycles. The molecule has 0 heterocycles. The lowest BCUT2D eigenvalue weighted by Crippen LogP contribution is -2.39. The van der Waals surface area contributed by atoms with Crippen molar-refractivity contribution < 1.29 is 27.4 Å². The van der Waals surface area contributed by atoms with Crippen LogP contribution in [0.3, 0.4) is 0 Å². The van der Waals surface area contributed by atoms with Crippen molar-refractivity contribution >= 4 is 21.6 Å². The van der Waals surface area contributed by atoms with Gasteiger partial charge in [-0.15, -0.1) is 0 Å². The Morgan fingerprint density at radius 2 is 1.52 bits per heavy atom. The molecule has 158 valence electrons. The number of nitrogens with zero attached hydrogens (tertiary/aromatic N) is 1. The number of hydrogen-bond acceptors (Lipinski definition) is 6. The van der Waals surface area contributed by atoms with Crippen molar-refractivity contribution in [2.24, 2.45) is 0 Å². The van der Waals surface area contributed by atoms with Gasteiger partial charge in [0.25, 0.3) is 5.91 Å². The standard InChI is InChI=1S/C20H26N2O6S/c1-15(13-27-19-11-9-17(26-3)10-12-19)21-20(23)14-28-18-7-5-16(6-8-18)22(2)29(4,24)25/h5-12,15H,13-14H2,1-4H3,(H,21,23). The molecule has 0 saturated heterocycles. The van der Waals surface area contributed by atoms with Crippen molar-refractivity contribution in [1.29, 1.82) is 0 Å². The SMILES string of the molecule is COc1ccc(OCC(C)NC(=O)COc2ccc(N(C)S(C)(=O)=O)cc2)cc1. The summed E-state index contributed by atoms with van der Waals surface area (Å²) < 4.78 is 40.4. The number of carbonyl (C=O) groups is 1. The Kier molecular flexibility index (Phi) is 7.72. The molecule has 9 heteroatoms. The topological polar surface area (TPSA) is 94.2 Å². The number of carbonyl (C=O) groups excluding carboxylic acids is 1. The zero-order chi connectivity index (χ0) is 21.4. The molecule has 0 spiro atoms. The van der Waals surface area contributed by atoms with E-state index in [1.807, 2.05) is 6.92 Å². The molecule has 0 radical (unpaired) electrons. The fraction of sp³-hybridized carbons (Fsp3) is 0.350. The molecule has 29 heavy (non-hydrogen) atoms. The van der Waals surface area contributed by atoms with Crippen LogP contribution in [0.2, 0.25) is 0 Å². The van der Waals surface area contributed by atoms with Crippen molar-refractivity contribution in [3.63, 3.8) is 0 Å². The van der Waals surface area contributed by atoms with Crippen LogP contribution in [0.5, 0.6) is 17.2 Å². The Morgan fingerprint density at radius 1 is 1.00 bits per heavy atom. The summed E-state index contributed by atoms with van der Waals surface area (Å²) in [7, 11) is -0.265. The first-order valence-corrected chi connectivity index (χ1v) is 10.8. The fourth-order valence-electron chi connectivity index (χ4n) is 2.34. The molecule has 2 aromatic carbocycles. The number of nitrogens with one attached hydrogen (secondary N) is 1. The molecule has 0 aliphatic carbocycles. The van der Waals surface area contributed by atoms with Crippen LogP contribution in [0.1, 0.15) is 6.92 Å². The van der Waals surface area contributed by atoms with Crippen LogP contribution in [0, 0.1) is 0 Å². The minimum atomic E-state index is -3.33. The number of sulfonamides is 1. The van der Waals surface area contributed by atoms with Gasteiger partial charge in [0.15, 0.2) is 6.61 Å². The van der Waals surface area contributed by atoms with Crippen LogP contribution in [0.25, 0.3) is 0 Å². The monoisotopic (exact) mass is 422 g/mol. The van der Waals surface area contributed by atoms with Gasteiger partial charge in [-0.25, -0.2) is 8.42 Å². The summed E-state index contributed by atoms with van der Waals surface area (Å²) in [5.74, 6) is 1.61. The van der Waals surface area contributed by atoms with Crippen molar-refractivity contribution in [2.75, 3.05) is 37.9 Å². The summed E-state index contributed by atoms with van der Waals surface area (Å²) in [5, 5.41) is 2.79. The summed E-state index contributed by atoms with van der Waals surface area (Å²) in [6.07, 6.45) is 1.13. The third-order valence-corrected chi connectivity index (χ3v) is 5.24. The van der Waals surface area contributed by atoms with Gasteiger partial charge in [-0.1, -0.05) is 0 Å². The van der Waals surface area contributed by atoms with E-state index in [9.17, 15) is 13.2 Å². The summed E-state index contributed by atoms with van der Waals surface area (Å²) >= 11 is 0. The van der Waals surface area contributed by atoms with Gasteiger partial charge in [0.2, 0.25) is 10.0 Å². The predicted octanol–water partition coefficient (Wildman–Crippen LogP) is 2.05. The zero-order valence-corrected chi connectivity index (χ0v) is 17.7. The van der Waals surface area contributed by atoms with E-state index < -0.39 is 10.0 Å². The Balaban J connectivity index is 1.75. The van der Waals surface area contributed by atoms with Crippen molar-refractivity contribution in [3.05, 3.63) is 48.5 Å². The van der Waals surface area contributed by atoms with Crippen LogP contribution in [0.15, 0.2) is 48.5 Å². The average molecular weight is 423 g/mol. The predicted molar refractivity (Wildman–Crippen MR) is 111 cm³/mol. The van der Waals surface area contributed by atoms with Crippen LogP contribution in [0.4, 0.5) is 5.69 Å². The Morgan fingerprint density at radius 3 is 2.07 bits per heavy atom. The molecule has 8 nitrogen and oxygen atoms in total. The maximum atomic E-state index is 12.0. The van der Waals surface area contributed by atoms with Crippen LogP contribution < -0.4 is 23.8 Å². The lowest BCUT2D eigenvalue weighted by molar-refractivity contribution is -0.123. The lowest BCUT2D eigenvalue weighted by atomic mass is 10.3. The highest BCUT2D eigenvalue weighted by Gasteiger charge is 2.12. The molecule has 0 saturated carbocycles. The second kappa shape index (κ2) is 10.0. The van der Waals surface area contributed by atoms with Crippen molar-refractivity contribution in [1.82, 2.24) is 5.32 Å². The van der Waals surface area contributed by atoms with E-state index in [1.165, 1.54) is 7.05 Å². The van der Waals surface area contributed by atoms with Crippen molar-refractivity contribution in [3.8, 4) is 17.2 Å². The van der Waals surface area contributed by atoms with Gasteiger partial charge in [-0.2, -0.15) is 0 Å². The maximum absolute atomic E-state index is 12.0. The average Bonchev–Trinajstić information content (AvgIpc) is 2.70. The maximum Gasteiger partial charge on any atom is 0.258 e. The fourth-order valence-corrected chi connectivity index (χ4v) is 2.85. The number of anilines is 1. The van der Waals surface area contributed by atoms with Gasteiger partial charge in [-0.05, 0) is 55.5 Å². The molecule has 1 unspecified atom stereocenters. The van der Waals surface area contributed by atoms with E-state index in [2.05, 4.69) is 5.32 Å². The summed E-state index contributed by atoms with van der Waals surface area (Å²) in [6, 6.07) is 13.4. The molecule has 1 atom stereocenters. The van der Waals surface area contributed by atoms with Crippen LogP contribution in [-0.2, 0) is 14.8 Å². The number of benzene rings is 2. The first-order chi connectivity index (χ1) is 13.7. The number of amides is 1. The summed E-state index contributed by atoms with van der Waals surface area (Å²) in [5.41, 5.74) is 0.508. The van der Waals surface area contributed by atoms with Gasteiger partial charge in [0.1, 0.15) is 23.9 Å². The Bertz CT molecular complexity index is 898. The number of ether oxygens (including phenoxy) is 3. The molecule has 2 aromatic rings. The first-order valence-electron chi connectivity index (χ1n) is 8.92. The summed E-state index contributed by atoms with van der Waals surface area (Å²) in [6.45, 7) is 1.98. The largest absolute Gasteiger partial charge is 0.497 e. The second-order valence-electron chi connectivity index (χ2n) is 6.47. The van der Waals surface area contributed by atoms with Gasteiger partial charge in [-0.3, -0.25) is 9.10 Å². The molecular formula is C20H26N2O6S. The van der Waals surface area contributed by atoms with Gasteiger partial charge >= 0.3 is 0 Å². The van der Waals surface area contributed by atoms with Crippen molar-refractivity contribution in [2.45, 2.75) is 13.0 Å². The Labute approximate surface area is 171 Å². The van der Waals surface area contributed by atoms with E-state index in [-0.39, 0.29) is 18.6 Å². The molecule has 0 aromatic heterocycles. The molecule has 0 fully saturated rings. The van der Waals surface area contributed by atoms with Crippen LogP contribution in [-0.4, -0.2) is 54.0 Å². The smallest absolute Gasteiger partial charge is 0.258 e. The first kappa shape index (κ1) is 22.4. The highest BCUT2D eigenvalue weighted by atomic mass is 32.2. The summed E-state index contributed by atoms with van der Waals surface area (Å²) in [4.78, 5) is 12.0. The third kappa shape index (κ3) is 7.19. The zero-order valence-electron chi connectivity index (χ0n) is 16.9. The van der Waals surface area contributed by atoms with E-state index in [0.29, 0.717) is 23.8 Å². The third-order valence-electron chi connectivity index (χ3n) is 4.03. The number of rotatable bonds is 10. The van der Waals surface area contributed by atoms with E-state index >= 15 is 0 Å². The van der Waals surface area contributed by atoms with E-state index in [1.54, 1.807) is 55.6 Å². The molecule has 1 amide bonds. The molecule has 1 N–H and O–H groups in total. The molecule has 0 bridgehead atoms. The normalized spacial score (nSPS) is 12.0. The van der Waals surface area contributed by atoms with Gasteiger partial charge in [0.05, 0.1) is 25.1 Å². The highest BCUT2D eigenvalue weighted by molar-refractivity contribution is 7.92. The second-order valence-corrected chi connectivity index (χ2v) is 8.48. The minimum absolute atomic E-state index is 0.159. The number of hydrogen-bond donors (Lipinski definition) is 1. The van der Waals surface area contributed by atoms with E-state index in [4.69, 9.17) is 14.2 Å². The number of methoxy groups -OCH3 is 1. The lowest BCUT2D eigenvalue weighted by Gasteiger charge is -2.17. The highest BCUT2D eigenvalue weighted by Crippen LogP contribution is 2.20. The molecule has 2 rings (SSSR count). The van der Waals surface area contributed by atoms with Gasteiger partial charge < -0.3 is 19.5 Å². The minimum Gasteiger partial charge on any atom is -0.497 e. The van der Waals surface area contributed by atoms with Crippen LogP contribution >= 0.6 is 0 Å². The van der Waals surface area contributed by atoms with Gasteiger partial charge in [0, 0.05) is 7.05 Å². The molecular weight excluding hydrogens is 396 g/mol. The quantitative estimate of drug-likeness (QED) is 0.630.